The minimum atomic E-state index is -3.54. The van der Waals surface area contributed by atoms with Crippen molar-refractivity contribution in [2.24, 2.45) is 0 Å². The van der Waals surface area contributed by atoms with Gasteiger partial charge in [0.1, 0.15) is 10.7 Å². The maximum absolute atomic E-state index is 12.7. The van der Waals surface area contributed by atoms with E-state index in [2.05, 4.69) is 9.88 Å². The van der Waals surface area contributed by atoms with Gasteiger partial charge in [0.25, 0.3) is 5.91 Å². The zero-order chi connectivity index (χ0) is 20.3. The minimum Gasteiger partial charge on any atom is -0.379 e. The first-order valence-electron chi connectivity index (χ1n) is 9.69. The predicted molar refractivity (Wildman–Crippen MR) is 108 cm³/mol. The Bertz CT molecular complexity index is 936. The van der Waals surface area contributed by atoms with Gasteiger partial charge in [-0.1, -0.05) is 18.2 Å². The molecule has 0 bridgehead atoms. The molecule has 4 rings (SSSR count). The van der Waals surface area contributed by atoms with Gasteiger partial charge in [-0.3, -0.25) is 4.79 Å². The van der Waals surface area contributed by atoms with Crippen molar-refractivity contribution in [3.8, 4) is 0 Å². The van der Waals surface area contributed by atoms with Crippen molar-refractivity contribution in [1.82, 2.24) is 14.2 Å². The highest BCUT2D eigenvalue weighted by Crippen LogP contribution is 2.20. The number of amides is 1. The number of aromatic nitrogens is 1. The standard InChI is InChI=1S/C20H24N4O4S/c25-20(17-4-2-1-3-5-17)23-10-8-22(9-11-23)19-7-6-18(16-21-19)29(26,27)24-12-14-28-15-13-24/h1-7,16H,8-15H2. The van der Waals surface area contributed by atoms with Gasteiger partial charge in [-0.2, -0.15) is 4.31 Å². The van der Waals surface area contributed by atoms with E-state index in [4.69, 9.17) is 4.74 Å². The molecule has 8 nitrogen and oxygen atoms in total. The smallest absolute Gasteiger partial charge is 0.253 e. The number of anilines is 1. The summed E-state index contributed by atoms with van der Waals surface area (Å²) in [4.78, 5) is 21.0. The monoisotopic (exact) mass is 416 g/mol. The van der Waals surface area contributed by atoms with E-state index in [0.717, 1.165) is 5.82 Å². The van der Waals surface area contributed by atoms with Crippen molar-refractivity contribution in [3.63, 3.8) is 0 Å². The Morgan fingerprint density at radius 3 is 2.21 bits per heavy atom. The summed E-state index contributed by atoms with van der Waals surface area (Å²) in [6, 6.07) is 12.6. The van der Waals surface area contributed by atoms with Gasteiger partial charge >= 0.3 is 0 Å². The van der Waals surface area contributed by atoms with Gasteiger partial charge in [0.2, 0.25) is 10.0 Å². The molecular weight excluding hydrogens is 392 g/mol. The number of sulfonamides is 1. The molecule has 0 N–H and O–H groups in total. The number of benzene rings is 1. The molecule has 2 saturated heterocycles. The Labute approximate surface area is 170 Å². The number of morpholine rings is 1. The Kier molecular flexibility index (Phi) is 5.79. The first-order chi connectivity index (χ1) is 14.1. The van der Waals surface area contributed by atoms with Crippen LogP contribution in [0.15, 0.2) is 53.6 Å². The first kappa shape index (κ1) is 19.8. The molecule has 2 fully saturated rings. The molecular formula is C20H24N4O4S. The van der Waals surface area contributed by atoms with Crippen LogP contribution in [0.5, 0.6) is 0 Å². The number of piperazine rings is 1. The van der Waals surface area contributed by atoms with Crippen LogP contribution in [-0.4, -0.2) is 81.0 Å². The molecule has 29 heavy (non-hydrogen) atoms. The molecule has 154 valence electrons. The van der Waals surface area contributed by atoms with Crippen LogP contribution in [0.25, 0.3) is 0 Å². The van der Waals surface area contributed by atoms with E-state index in [-0.39, 0.29) is 10.8 Å². The molecule has 1 aromatic carbocycles. The van der Waals surface area contributed by atoms with E-state index in [1.54, 1.807) is 12.1 Å². The van der Waals surface area contributed by atoms with E-state index in [9.17, 15) is 13.2 Å². The summed E-state index contributed by atoms with van der Waals surface area (Å²) in [6.45, 7) is 4.06. The van der Waals surface area contributed by atoms with Gasteiger partial charge < -0.3 is 14.5 Å². The fourth-order valence-electron chi connectivity index (χ4n) is 3.55. The van der Waals surface area contributed by atoms with Crippen LogP contribution in [0.1, 0.15) is 10.4 Å². The lowest BCUT2D eigenvalue weighted by Crippen LogP contribution is -2.49. The zero-order valence-corrected chi connectivity index (χ0v) is 16.9. The third kappa shape index (κ3) is 4.26. The lowest BCUT2D eigenvalue weighted by atomic mass is 10.2. The molecule has 0 radical (unpaired) electrons. The number of pyridine rings is 1. The molecule has 2 aliphatic rings. The third-order valence-corrected chi connectivity index (χ3v) is 7.12. The second kappa shape index (κ2) is 8.48. The highest BCUT2D eigenvalue weighted by molar-refractivity contribution is 7.89. The van der Waals surface area contributed by atoms with Crippen LogP contribution in [0.2, 0.25) is 0 Å². The van der Waals surface area contributed by atoms with Gasteiger partial charge in [-0.25, -0.2) is 13.4 Å². The van der Waals surface area contributed by atoms with Gasteiger partial charge in [0.15, 0.2) is 0 Å². The molecule has 2 aromatic rings. The number of hydrogen-bond donors (Lipinski definition) is 0. The van der Waals surface area contributed by atoms with E-state index in [1.165, 1.54) is 10.5 Å². The van der Waals surface area contributed by atoms with Gasteiger partial charge in [0, 0.05) is 51.0 Å². The van der Waals surface area contributed by atoms with Crippen molar-refractivity contribution >= 4 is 21.7 Å². The first-order valence-corrected chi connectivity index (χ1v) is 11.1. The summed E-state index contributed by atoms with van der Waals surface area (Å²) in [5.74, 6) is 0.753. The fourth-order valence-corrected chi connectivity index (χ4v) is 4.90. The Morgan fingerprint density at radius 2 is 1.59 bits per heavy atom. The molecule has 9 heteroatoms. The summed E-state index contributed by atoms with van der Waals surface area (Å²) >= 11 is 0. The second-order valence-electron chi connectivity index (χ2n) is 7.01. The second-order valence-corrected chi connectivity index (χ2v) is 8.95. The number of carbonyl (C=O) groups is 1. The van der Waals surface area contributed by atoms with Crippen molar-refractivity contribution in [2.45, 2.75) is 4.90 Å². The summed E-state index contributed by atoms with van der Waals surface area (Å²) in [5, 5.41) is 0. The molecule has 0 aliphatic carbocycles. The van der Waals surface area contributed by atoms with Gasteiger partial charge in [-0.05, 0) is 24.3 Å². The van der Waals surface area contributed by atoms with Crippen LogP contribution in [0, 0.1) is 0 Å². The Balaban J connectivity index is 1.38. The van der Waals surface area contributed by atoms with Crippen molar-refractivity contribution in [3.05, 3.63) is 54.2 Å². The number of carbonyl (C=O) groups excluding carboxylic acids is 1. The quantitative estimate of drug-likeness (QED) is 0.741. The van der Waals surface area contributed by atoms with Crippen molar-refractivity contribution in [2.75, 3.05) is 57.4 Å². The Hall–Kier alpha value is -2.49. The van der Waals surface area contributed by atoms with Crippen molar-refractivity contribution < 1.29 is 17.9 Å². The number of nitrogens with zero attached hydrogens (tertiary/aromatic N) is 4. The topological polar surface area (TPSA) is 83.1 Å². The largest absolute Gasteiger partial charge is 0.379 e. The normalized spacial score (nSPS) is 18.6. The van der Waals surface area contributed by atoms with E-state index >= 15 is 0 Å². The number of ether oxygens (including phenoxy) is 1. The molecule has 0 unspecified atom stereocenters. The maximum atomic E-state index is 12.7. The average Bonchev–Trinajstić information content (AvgIpc) is 2.80. The van der Waals surface area contributed by atoms with Gasteiger partial charge in [-0.15, -0.1) is 0 Å². The Morgan fingerprint density at radius 1 is 0.897 bits per heavy atom. The molecule has 0 saturated carbocycles. The highest BCUT2D eigenvalue weighted by atomic mass is 32.2. The minimum absolute atomic E-state index is 0.0326. The van der Waals surface area contributed by atoms with Crippen LogP contribution < -0.4 is 4.90 Å². The predicted octanol–water partition coefficient (Wildman–Crippen LogP) is 1.06. The molecule has 3 heterocycles. The molecule has 1 aromatic heterocycles. The molecule has 2 aliphatic heterocycles. The summed E-state index contributed by atoms with van der Waals surface area (Å²) in [6.07, 6.45) is 1.42. The van der Waals surface area contributed by atoms with Crippen LogP contribution in [-0.2, 0) is 14.8 Å². The summed E-state index contributed by atoms with van der Waals surface area (Å²) < 4.78 is 32.1. The van der Waals surface area contributed by atoms with Gasteiger partial charge in [0.05, 0.1) is 13.2 Å². The molecule has 0 atom stereocenters. The SMILES string of the molecule is O=C(c1ccccc1)N1CCN(c2ccc(S(=O)(=O)N3CCOCC3)cn2)CC1. The lowest BCUT2D eigenvalue weighted by molar-refractivity contribution is 0.0730. The van der Waals surface area contributed by atoms with Crippen LogP contribution in [0.4, 0.5) is 5.82 Å². The van der Waals surface area contributed by atoms with E-state index in [0.29, 0.717) is 58.0 Å². The third-order valence-electron chi connectivity index (χ3n) is 5.24. The van der Waals surface area contributed by atoms with E-state index < -0.39 is 10.0 Å². The number of rotatable bonds is 4. The molecule has 1 amide bonds. The zero-order valence-electron chi connectivity index (χ0n) is 16.1. The maximum Gasteiger partial charge on any atom is 0.253 e. The summed E-state index contributed by atoms with van der Waals surface area (Å²) in [7, 11) is -3.54. The van der Waals surface area contributed by atoms with E-state index in [1.807, 2.05) is 35.2 Å². The lowest BCUT2D eigenvalue weighted by Gasteiger charge is -2.35. The van der Waals surface area contributed by atoms with Crippen molar-refractivity contribution in [1.29, 1.82) is 0 Å². The summed E-state index contributed by atoms with van der Waals surface area (Å²) in [5.41, 5.74) is 0.691. The molecule has 0 spiro atoms. The number of hydrogen-bond acceptors (Lipinski definition) is 6. The van der Waals surface area contributed by atoms with Crippen LogP contribution >= 0.6 is 0 Å². The highest BCUT2D eigenvalue weighted by Gasteiger charge is 2.27. The fraction of sp³-hybridized carbons (Fsp3) is 0.400. The van der Waals surface area contributed by atoms with Crippen LogP contribution in [0.3, 0.4) is 0 Å². The average molecular weight is 417 g/mol.